The highest BCUT2D eigenvalue weighted by molar-refractivity contribution is 9.10. The van der Waals surface area contributed by atoms with E-state index in [-0.39, 0.29) is 6.09 Å². The molecule has 0 unspecified atom stereocenters. The lowest BCUT2D eigenvalue weighted by Crippen LogP contribution is -2.38. The summed E-state index contributed by atoms with van der Waals surface area (Å²) in [5, 5.41) is 0. The zero-order valence-corrected chi connectivity index (χ0v) is 23.0. The molecule has 0 heterocycles. The molecular weight excluding hydrogens is 504 g/mol. The van der Waals surface area contributed by atoms with Crippen molar-refractivity contribution in [2.24, 2.45) is 5.73 Å². The van der Waals surface area contributed by atoms with Gasteiger partial charge >= 0.3 is 6.09 Å². The Labute approximate surface area is 218 Å². The smallest absolute Gasteiger partial charge is 0.414 e. The number of amides is 1. The van der Waals surface area contributed by atoms with Gasteiger partial charge in [0.15, 0.2) is 0 Å². The molecular formula is C29H37BrN2O3. The lowest BCUT2D eigenvalue weighted by atomic mass is 10.1. The summed E-state index contributed by atoms with van der Waals surface area (Å²) in [4.78, 5) is 14.6. The minimum Gasteiger partial charge on any atom is -0.496 e. The first-order valence-electron chi connectivity index (χ1n) is 11.8. The van der Waals surface area contributed by atoms with E-state index in [1.54, 1.807) is 12.0 Å². The SMILES string of the molecule is COc1ccc(Br)c(N(CCc2ccccc2)C(=O)OC(C)(C)C)c1C.NCCc1ccccc1. The zero-order chi connectivity index (χ0) is 25.8. The highest BCUT2D eigenvalue weighted by Crippen LogP contribution is 2.36. The molecule has 1 amide bonds. The first-order chi connectivity index (χ1) is 16.7. The van der Waals surface area contributed by atoms with Crippen molar-refractivity contribution >= 4 is 27.7 Å². The summed E-state index contributed by atoms with van der Waals surface area (Å²) in [5.74, 6) is 0.733. The number of hydrogen-bond donors (Lipinski definition) is 1. The van der Waals surface area contributed by atoms with Crippen LogP contribution in [0, 0.1) is 6.92 Å². The second-order valence-corrected chi connectivity index (χ2v) is 9.97. The normalized spacial score (nSPS) is 10.7. The quantitative estimate of drug-likeness (QED) is 0.352. The predicted octanol–water partition coefficient (Wildman–Crippen LogP) is 6.94. The van der Waals surface area contributed by atoms with E-state index in [0.717, 1.165) is 46.4 Å². The molecule has 3 aromatic rings. The molecule has 3 rings (SSSR count). The van der Waals surface area contributed by atoms with Crippen molar-refractivity contribution < 1.29 is 14.3 Å². The van der Waals surface area contributed by atoms with Crippen LogP contribution in [0.25, 0.3) is 0 Å². The lowest BCUT2D eigenvalue weighted by Gasteiger charge is -2.29. The molecule has 0 aromatic heterocycles. The highest BCUT2D eigenvalue weighted by Gasteiger charge is 2.27. The van der Waals surface area contributed by atoms with E-state index in [1.807, 2.05) is 76.2 Å². The minimum absolute atomic E-state index is 0.370. The number of methoxy groups -OCH3 is 1. The number of carbonyl (C=O) groups is 1. The van der Waals surface area contributed by atoms with Gasteiger partial charge in [0, 0.05) is 16.6 Å². The predicted molar refractivity (Wildman–Crippen MR) is 148 cm³/mol. The summed E-state index contributed by atoms with van der Waals surface area (Å²) < 4.78 is 11.9. The van der Waals surface area contributed by atoms with Crippen molar-refractivity contribution in [1.29, 1.82) is 0 Å². The Morgan fingerprint density at radius 1 is 0.914 bits per heavy atom. The monoisotopic (exact) mass is 540 g/mol. The van der Waals surface area contributed by atoms with Crippen LogP contribution in [-0.2, 0) is 17.6 Å². The van der Waals surface area contributed by atoms with Crippen molar-refractivity contribution in [3.63, 3.8) is 0 Å². The summed E-state index contributed by atoms with van der Waals surface area (Å²) in [6, 6.07) is 24.1. The molecule has 0 saturated carbocycles. The summed E-state index contributed by atoms with van der Waals surface area (Å²) in [6.45, 7) is 8.80. The molecule has 0 aliphatic heterocycles. The molecule has 0 aliphatic carbocycles. The van der Waals surface area contributed by atoms with Crippen LogP contribution in [0.5, 0.6) is 5.75 Å². The van der Waals surface area contributed by atoms with Crippen LogP contribution < -0.4 is 15.4 Å². The first kappa shape index (κ1) is 28.4. The molecule has 0 aliphatic rings. The van der Waals surface area contributed by atoms with Gasteiger partial charge in [-0.25, -0.2) is 4.79 Å². The van der Waals surface area contributed by atoms with E-state index >= 15 is 0 Å². The van der Waals surface area contributed by atoms with Crippen LogP contribution in [0.15, 0.2) is 77.3 Å². The standard InChI is InChI=1S/C21H26BrNO3.C8H11N/c1-15-18(25-5)12-11-17(22)19(15)23(20(24)26-21(2,3)4)14-13-16-9-7-6-8-10-16;9-7-6-8-4-2-1-3-5-8/h6-12H,13-14H2,1-5H3;1-5H,6-7,9H2. The second-order valence-electron chi connectivity index (χ2n) is 9.12. The third-order valence-corrected chi connectivity index (χ3v) is 5.82. The minimum atomic E-state index is -0.568. The molecule has 0 saturated heterocycles. The van der Waals surface area contributed by atoms with Crippen LogP contribution in [0.3, 0.4) is 0 Å². The van der Waals surface area contributed by atoms with Crippen LogP contribution in [0.4, 0.5) is 10.5 Å². The maximum atomic E-state index is 12.9. The van der Waals surface area contributed by atoms with Crippen molar-refractivity contribution in [2.75, 3.05) is 25.1 Å². The summed E-state index contributed by atoms with van der Waals surface area (Å²) in [5.41, 5.74) is 8.94. The average Bonchev–Trinajstić information content (AvgIpc) is 2.82. The van der Waals surface area contributed by atoms with Gasteiger partial charge < -0.3 is 15.2 Å². The molecule has 35 heavy (non-hydrogen) atoms. The van der Waals surface area contributed by atoms with Crippen LogP contribution in [0.2, 0.25) is 0 Å². The van der Waals surface area contributed by atoms with Gasteiger partial charge in [0.25, 0.3) is 0 Å². The van der Waals surface area contributed by atoms with Crippen molar-refractivity contribution in [3.8, 4) is 5.75 Å². The summed E-state index contributed by atoms with van der Waals surface area (Å²) in [7, 11) is 1.63. The lowest BCUT2D eigenvalue weighted by molar-refractivity contribution is 0.0580. The van der Waals surface area contributed by atoms with E-state index < -0.39 is 5.60 Å². The highest BCUT2D eigenvalue weighted by atomic mass is 79.9. The third-order valence-electron chi connectivity index (χ3n) is 5.18. The van der Waals surface area contributed by atoms with E-state index in [0.29, 0.717) is 6.54 Å². The number of hydrogen-bond acceptors (Lipinski definition) is 4. The fourth-order valence-electron chi connectivity index (χ4n) is 3.51. The Morgan fingerprint density at radius 3 is 1.94 bits per heavy atom. The first-order valence-corrected chi connectivity index (χ1v) is 12.6. The van der Waals surface area contributed by atoms with Gasteiger partial charge in [0.1, 0.15) is 11.4 Å². The molecule has 0 atom stereocenters. The number of anilines is 1. The molecule has 3 aromatic carbocycles. The van der Waals surface area contributed by atoms with Gasteiger partial charge in [-0.3, -0.25) is 4.90 Å². The molecule has 0 bridgehead atoms. The van der Waals surface area contributed by atoms with E-state index in [4.69, 9.17) is 15.2 Å². The second kappa shape index (κ2) is 13.9. The number of ether oxygens (including phenoxy) is 2. The number of nitrogens with two attached hydrogens (primary N) is 1. The van der Waals surface area contributed by atoms with Gasteiger partial charge in [0.05, 0.1) is 12.8 Å². The Kier molecular flexibility index (Phi) is 11.3. The molecule has 2 N–H and O–H groups in total. The Hall–Kier alpha value is -2.83. The summed E-state index contributed by atoms with van der Waals surface area (Å²) >= 11 is 3.58. The maximum Gasteiger partial charge on any atom is 0.414 e. The molecule has 5 nitrogen and oxygen atoms in total. The Bertz CT molecular complexity index is 1050. The van der Waals surface area contributed by atoms with Crippen molar-refractivity contribution in [2.45, 2.75) is 46.1 Å². The molecule has 6 heteroatoms. The van der Waals surface area contributed by atoms with E-state index in [2.05, 4.69) is 40.2 Å². The van der Waals surface area contributed by atoms with Gasteiger partial charge in [-0.2, -0.15) is 0 Å². The third kappa shape index (κ3) is 9.38. The number of nitrogens with zero attached hydrogens (tertiary/aromatic N) is 1. The van der Waals surface area contributed by atoms with Crippen LogP contribution in [-0.4, -0.2) is 31.9 Å². The Morgan fingerprint density at radius 2 is 1.46 bits per heavy atom. The molecule has 0 radical (unpaired) electrons. The van der Waals surface area contributed by atoms with Gasteiger partial charge in [-0.15, -0.1) is 0 Å². The van der Waals surface area contributed by atoms with Crippen molar-refractivity contribution in [1.82, 2.24) is 0 Å². The zero-order valence-electron chi connectivity index (χ0n) is 21.4. The number of halogens is 1. The molecule has 0 spiro atoms. The van der Waals surface area contributed by atoms with Crippen molar-refractivity contribution in [3.05, 3.63) is 94.0 Å². The number of rotatable bonds is 7. The van der Waals surface area contributed by atoms with E-state index in [9.17, 15) is 4.79 Å². The molecule has 0 fully saturated rings. The van der Waals surface area contributed by atoms with Gasteiger partial charge in [-0.05, 0) is 86.3 Å². The average molecular weight is 542 g/mol. The topological polar surface area (TPSA) is 64.8 Å². The van der Waals surface area contributed by atoms with E-state index in [1.165, 1.54) is 5.56 Å². The maximum absolute atomic E-state index is 12.9. The number of carbonyl (C=O) groups excluding carboxylic acids is 1. The fraction of sp³-hybridized carbons (Fsp3) is 0.345. The fourth-order valence-corrected chi connectivity index (χ4v) is 4.15. The van der Waals surface area contributed by atoms with Gasteiger partial charge in [-0.1, -0.05) is 60.7 Å². The van der Waals surface area contributed by atoms with Gasteiger partial charge in [0.2, 0.25) is 0 Å². The number of benzene rings is 3. The van der Waals surface area contributed by atoms with Crippen LogP contribution in [0.1, 0.15) is 37.5 Å². The Balaban J connectivity index is 0.000000402. The van der Waals surface area contributed by atoms with Crippen LogP contribution >= 0.6 is 15.9 Å². The summed E-state index contributed by atoms with van der Waals surface area (Å²) in [6.07, 6.45) is 1.34. The largest absolute Gasteiger partial charge is 0.496 e. The molecule has 188 valence electrons.